The first kappa shape index (κ1) is 31.0. The molecule has 6 nitrogen and oxygen atoms in total. The van der Waals surface area contributed by atoms with Crippen molar-refractivity contribution in [2.24, 2.45) is 0 Å². The van der Waals surface area contributed by atoms with E-state index in [1.165, 1.54) is 13.2 Å². The van der Waals surface area contributed by atoms with Gasteiger partial charge in [-0.05, 0) is 81.3 Å². The lowest BCUT2D eigenvalue weighted by Gasteiger charge is -2.36. The van der Waals surface area contributed by atoms with Crippen molar-refractivity contribution in [1.82, 2.24) is 4.90 Å². The van der Waals surface area contributed by atoms with Crippen molar-refractivity contribution in [2.45, 2.75) is 71.1 Å². The number of hydrogen-bond acceptors (Lipinski definition) is 5. The van der Waals surface area contributed by atoms with E-state index < -0.39 is 11.7 Å². The Labute approximate surface area is 258 Å². The summed E-state index contributed by atoms with van der Waals surface area (Å²) in [6.45, 7) is 9.74. The Balaban J connectivity index is 1.45. The van der Waals surface area contributed by atoms with Gasteiger partial charge in [-0.15, -0.1) is 0 Å². The lowest BCUT2D eigenvalue weighted by atomic mass is 9.82. The fraction of sp³-hybridized carbons (Fsp3) is 0.351. The molecule has 1 amide bonds. The molecule has 7 heteroatoms. The average Bonchev–Trinajstić information content (AvgIpc) is 3.00. The average molecular weight is 598 g/mol. The molecular weight excluding hydrogens is 557 g/mol. The molecular formula is C37H40FNO5. The zero-order chi connectivity index (χ0) is 31.6. The van der Waals surface area contributed by atoms with Crippen LogP contribution in [0.5, 0.6) is 5.75 Å². The minimum Gasteiger partial charge on any atom is -0.490 e. The van der Waals surface area contributed by atoms with E-state index in [9.17, 15) is 14.0 Å². The van der Waals surface area contributed by atoms with Crippen molar-refractivity contribution in [3.8, 4) is 5.75 Å². The Bertz CT molecular complexity index is 1680. The molecule has 44 heavy (non-hydrogen) atoms. The molecule has 0 fully saturated rings. The molecule has 0 saturated heterocycles. The van der Waals surface area contributed by atoms with Gasteiger partial charge < -0.3 is 19.1 Å². The van der Waals surface area contributed by atoms with Gasteiger partial charge in [0, 0.05) is 29.8 Å². The van der Waals surface area contributed by atoms with Crippen molar-refractivity contribution in [3.05, 3.63) is 112 Å². The summed E-state index contributed by atoms with van der Waals surface area (Å²) in [6, 6.07) is 24.0. The number of benzene rings is 4. The molecule has 0 aliphatic carbocycles. The van der Waals surface area contributed by atoms with Gasteiger partial charge in [-0.3, -0.25) is 0 Å². The molecule has 1 heterocycles. The van der Waals surface area contributed by atoms with Gasteiger partial charge in [-0.1, -0.05) is 60.7 Å². The maximum absolute atomic E-state index is 14.7. The van der Waals surface area contributed by atoms with Gasteiger partial charge in [0.25, 0.3) is 0 Å². The highest BCUT2D eigenvalue weighted by Crippen LogP contribution is 2.42. The van der Waals surface area contributed by atoms with Gasteiger partial charge >= 0.3 is 12.1 Å². The SMILES string of the molecule is COC(=O)c1cc(C2C[C@H](CCN(C(=O)OC(C)(C)C)[C@H](C)c3ccc(F)c4ccccc34)Oc3ccccc32)ccc1C. The topological polar surface area (TPSA) is 65.1 Å². The smallest absolute Gasteiger partial charge is 0.410 e. The van der Waals surface area contributed by atoms with Crippen LogP contribution in [0.2, 0.25) is 0 Å². The fourth-order valence-electron chi connectivity index (χ4n) is 6.04. The second-order valence-corrected chi connectivity index (χ2v) is 12.5. The van der Waals surface area contributed by atoms with Gasteiger partial charge in [0.05, 0.1) is 18.7 Å². The van der Waals surface area contributed by atoms with Crippen molar-refractivity contribution in [1.29, 1.82) is 0 Å². The predicted octanol–water partition coefficient (Wildman–Crippen LogP) is 8.75. The Hall–Kier alpha value is -4.39. The number of aryl methyl sites for hydroxylation is 1. The number of carbonyl (C=O) groups is 2. The number of rotatable bonds is 7. The quantitative estimate of drug-likeness (QED) is 0.199. The summed E-state index contributed by atoms with van der Waals surface area (Å²) < 4.78 is 32.0. The second kappa shape index (κ2) is 12.7. The number of carbonyl (C=O) groups excluding carboxylic acids is 2. The van der Waals surface area contributed by atoms with Crippen LogP contribution in [0.15, 0.2) is 78.9 Å². The molecule has 1 aliphatic rings. The first-order valence-electron chi connectivity index (χ1n) is 15.1. The molecule has 3 atom stereocenters. The zero-order valence-corrected chi connectivity index (χ0v) is 26.2. The first-order chi connectivity index (χ1) is 21.0. The van der Waals surface area contributed by atoms with Crippen LogP contribution in [-0.4, -0.2) is 42.3 Å². The van der Waals surface area contributed by atoms with E-state index in [2.05, 4.69) is 12.1 Å². The molecule has 4 aromatic carbocycles. The Morgan fingerprint density at radius 2 is 1.70 bits per heavy atom. The molecule has 0 radical (unpaired) electrons. The lowest BCUT2D eigenvalue weighted by Crippen LogP contribution is -2.41. The number of para-hydroxylation sites is 1. The summed E-state index contributed by atoms with van der Waals surface area (Å²) in [5, 5.41) is 1.28. The summed E-state index contributed by atoms with van der Waals surface area (Å²) in [6.07, 6.45) is 0.562. The van der Waals surface area contributed by atoms with E-state index in [0.717, 1.165) is 33.4 Å². The first-order valence-corrected chi connectivity index (χ1v) is 15.1. The number of nitrogens with zero attached hydrogens (tertiary/aromatic N) is 1. The predicted molar refractivity (Wildman–Crippen MR) is 170 cm³/mol. The van der Waals surface area contributed by atoms with Crippen LogP contribution in [0.4, 0.5) is 9.18 Å². The van der Waals surface area contributed by atoms with Gasteiger partial charge in [0.1, 0.15) is 23.3 Å². The van der Waals surface area contributed by atoms with E-state index in [1.54, 1.807) is 17.0 Å². The highest BCUT2D eigenvalue weighted by Gasteiger charge is 2.33. The Morgan fingerprint density at radius 1 is 1.00 bits per heavy atom. The van der Waals surface area contributed by atoms with E-state index in [1.807, 2.05) is 83.1 Å². The van der Waals surface area contributed by atoms with Gasteiger partial charge in [0.2, 0.25) is 0 Å². The second-order valence-electron chi connectivity index (χ2n) is 12.5. The van der Waals surface area contributed by atoms with Crippen molar-refractivity contribution >= 4 is 22.8 Å². The van der Waals surface area contributed by atoms with Crippen molar-refractivity contribution < 1.29 is 28.2 Å². The molecule has 0 N–H and O–H groups in total. The third-order valence-corrected chi connectivity index (χ3v) is 8.30. The molecule has 0 spiro atoms. The minimum atomic E-state index is -0.686. The molecule has 4 aromatic rings. The maximum Gasteiger partial charge on any atom is 0.410 e. The van der Waals surface area contributed by atoms with E-state index in [-0.39, 0.29) is 29.9 Å². The van der Waals surface area contributed by atoms with Crippen LogP contribution >= 0.6 is 0 Å². The monoisotopic (exact) mass is 597 g/mol. The number of methoxy groups -OCH3 is 1. The van der Waals surface area contributed by atoms with E-state index >= 15 is 0 Å². The number of fused-ring (bicyclic) bond motifs is 2. The van der Waals surface area contributed by atoms with Crippen LogP contribution in [0.3, 0.4) is 0 Å². The highest BCUT2D eigenvalue weighted by molar-refractivity contribution is 5.91. The molecule has 0 aromatic heterocycles. The fourth-order valence-corrected chi connectivity index (χ4v) is 6.04. The normalized spacial score (nSPS) is 16.9. The van der Waals surface area contributed by atoms with Crippen molar-refractivity contribution in [2.75, 3.05) is 13.7 Å². The number of amides is 1. The van der Waals surface area contributed by atoms with Gasteiger partial charge in [0.15, 0.2) is 0 Å². The molecule has 230 valence electrons. The summed E-state index contributed by atoms with van der Waals surface area (Å²) in [5.74, 6) is 0.112. The minimum absolute atomic E-state index is 0.0117. The third kappa shape index (κ3) is 6.57. The van der Waals surface area contributed by atoms with Crippen LogP contribution in [0, 0.1) is 12.7 Å². The van der Waals surface area contributed by atoms with Crippen LogP contribution in [0.1, 0.15) is 85.1 Å². The number of esters is 1. The largest absolute Gasteiger partial charge is 0.490 e. The van der Waals surface area contributed by atoms with Crippen LogP contribution in [0.25, 0.3) is 10.8 Å². The molecule has 1 aliphatic heterocycles. The molecule has 5 rings (SSSR count). The molecule has 0 saturated carbocycles. The highest BCUT2D eigenvalue weighted by atomic mass is 19.1. The van der Waals surface area contributed by atoms with Gasteiger partial charge in [-0.2, -0.15) is 0 Å². The number of hydrogen-bond donors (Lipinski definition) is 0. The summed E-state index contributed by atoms with van der Waals surface area (Å²) in [4.78, 5) is 27.8. The molecule has 1 unspecified atom stereocenters. The Kier molecular flexibility index (Phi) is 8.95. The van der Waals surface area contributed by atoms with Gasteiger partial charge in [-0.25, -0.2) is 14.0 Å². The third-order valence-electron chi connectivity index (χ3n) is 8.30. The summed E-state index contributed by atoms with van der Waals surface area (Å²) in [5.41, 5.74) is 3.62. The lowest BCUT2D eigenvalue weighted by molar-refractivity contribution is 0.0141. The standard InChI is InChI=1S/C37H40FNO5/c1-23-15-16-25(21-31(23)35(40)42-6)32-22-26(43-34-14-10-9-13-30(32)34)19-20-39(36(41)44-37(3,4)5)24(2)27-17-18-33(38)29-12-8-7-11-28(27)29/h7-18,21,24,26,32H,19-20,22H2,1-6H3/t24-,26+,32?/m1/s1. The van der Waals surface area contributed by atoms with E-state index in [4.69, 9.17) is 14.2 Å². The Morgan fingerprint density at radius 3 is 2.43 bits per heavy atom. The number of ether oxygens (including phenoxy) is 3. The van der Waals surface area contributed by atoms with Crippen molar-refractivity contribution in [3.63, 3.8) is 0 Å². The summed E-state index contributed by atoms with van der Waals surface area (Å²) >= 11 is 0. The number of halogens is 1. The van der Waals surface area contributed by atoms with Crippen LogP contribution < -0.4 is 4.74 Å². The van der Waals surface area contributed by atoms with Crippen LogP contribution in [-0.2, 0) is 9.47 Å². The maximum atomic E-state index is 14.7. The van der Waals surface area contributed by atoms with E-state index in [0.29, 0.717) is 30.3 Å². The summed E-state index contributed by atoms with van der Waals surface area (Å²) in [7, 11) is 1.39. The molecule has 0 bridgehead atoms. The zero-order valence-electron chi connectivity index (χ0n) is 26.2.